The van der Waals surface area contributed by atoms with Gasteiger partial charge >= 0.3 is 0 Å². The lowest BCUT2D eigenvalue weighted by molar-refractivity contribution is 0.983. The van der Waals surface area contributed by atoms with Crippen LogP contribution in [0, 0.1) is 10.5 Å². The van der Waals surface area contributed by atoms with E-state index in [-0.39, 0.29) is 0 Å². The Balaban J connectivity index is 2.10. The zero-order chi connectivity index (χ0) is 12.3. The molecule has 0 unspecified atom stereocenters. The Morgan fingerprint density at radius 1 is 1.24 bits per heavy atom. The summed E-state index contributed by atoms with van der Waals surface area (Å²) in [7, 11) is 0. The van der Waals surface area contributed by atoms with E-state index in [0.717, 1.165) is 20.8 Å². The summed E-state index contributed by atoms with van der Waals surface area (Å²) in [6.07, 6.45) is 0. The molecule has 0 N–H and O–H groups in total. The zero-order valence-corrected chi connectivity index (χ0v) is 12.9. The topological polar surface area (TPSA) is 25.8 Å². The smallest absolute Gasteiger partial charge is 0.146 e. The van der Waals surface area contributed by atoms with Crippen molar-refractivity contribution in [2.24, 2.45) is 0 Å². The monoisotopic (exact) mass is 376 g/mol. The summed E-state index contributed by atoms with van der Waals surface area (Å²) >= 11 is 9.91. The molecule has 2 aromatic rings. The normalized spacial score (nSPS) is 10.5. The number of benzene rings is 1. The van der Waals surface area contributed by atoms with Crippen LogP contribution in [0.4, 0.5) is 0 Å². The summed E-state index contributed by atoms with van der Waals surface area (Å²) in [5, 5.41) is 0.543. The van der Waals surface area contributed by atoms with E-state index >= 15 is 0 Å². The standard InChI is InChI=1S/C12H10ClIN2S/c1-8-11(14)12(13)16-10(15-8)7-17-9-5-3-2-4-6-9/h2-6H,7H2,1H3. The van der Waals surface area contributed by atoms with Gasteiger partial charge in [-0.05, 0) is 41.6 Å². The van der Waals surface area contributed by atoms with Crippen LogP contribution in [0.5, 0.6) is 0 Å². The van der Waals surface area contributed by atoms with Gasteiger partial charge in [0.05, 0.1) is 15.0 Å². The fourth-order valence-electron chi connectivity index (χ4n) is 1.31. The van der Waals surface area contributed by atoms with E-state index in [1.165, 1.54) is 4.90 Å². The third-order valence-electron chi connectivity index (χ3n) is 2.13. The van der Waals surface area contributed by atoms with Gasteiger partial charge in [-0.1, -0.05) is 29.8 Å². The first-order valence-electron chi connectivity index (χ1n) is 5.03. The molecule has 0 aliphatic rings. The number of thioether (sulfide) groups is 1. The van der Waals surface area contributed by atoms with Gasteiger partial charge in [0.15, 0.2) is 0 Å². The molecule has 0 radical (unpaired) electrons. The average molecular weight is 377 g/mol. The lowest BCUT2D eigenvalue weighted by atomic mass is 10.4. The molecule has 0 aliphatic heterocycles. The predicted molar refractivity (Wildman–Crippen MR) is 80.5 cm³/mol. The first-order valence-corrected chi connectivity index (χ1v) is 7.47. The van der Waals surface area contributed by atoms with Gasteiger partial charge in [-0.15, -0.1) is 11.8 Å². The van der Waals surface area contributed by atoms with Crippen molar-refractivity contribution in [2.75, 3.05) is 0 Å². The van der Waals surface area contributed by atoms with Crippen molar-refractivity contribution in [1.29, 1.82) is 0 Å². The van der Waals surface area contributed by atoms with E-state index in [4.69, 9.17) is 11.6 Å². The largest absolute Gasteiger partial charge is 0.236 e. The highest BCUT2D eigenvalue weighted by molar-refractivity contribution is 14.1. The van der Waals surface area contributed by atoms with Crippen molar-refractivity contribution in [3.05, 3.63) is 50.6 Å². The second kappa shape index (κ2) is 6.02. The van der Waals surface area contributed by atoms with Crippen molar-refractivity contribution in [1.82, 2.24) is 9.97 Å². The Kier molecular flexibility index (Phi) is 4.64. The predicted octanol–water partition coefficient (Wildman–Crippen LogP) is 4.34. The van der Waals surface area contributed by atoms with Crippen LogP contribution in [0.3, 0.4) is 0 Å². The van der Waals surface area contributed by atoms with Crippen LogP contribution in [-0.4, -0.2) is 9.97 Å². The molecule has 0 saturated carbocycles. The van der Waals surface area contributed by atoms with Crippen molar-refractivity contribution >= 4 is 46.0 Å². The van der Waals surface area contributed by atoms with E-state index < -0.39 is 0 Å². The van der Waals surface area contributed by atoms with E-state index in [2.05, 4.69) is 44.7 Å². The Bertz CT molecular complexity index is 496. The van der Waals surface area contributed by atoms with Crippen LogP contribution in [0.2, 0.25) is 5.15 Å². The number of aromatic nitrogens is 2. The number of halogens is 2. The molecule has 0 amide bonds. The van der Waals surface area contributed by atoms with Gasteiger partial charge in [0.2, 0.25) is 0 Å². The molecule has 1 aromatic carbocycles. The molecule has 0 atom stereocenters. The molecule has 0 aliphatic carbocycles. The third kappa shape index (κ3) is 3.56. The highest BCUT2D eigenvalue weighted by Gasteiger charge is 2.07. The maximum atomic E-state index is 6.03. The van der Waals surface area contributed by atoms with E-state index in [1.807, 2.05) is 25.1 Å². The maximum Gasteiger partial charge on any atom is 0.146 e. The number of hydrogen-bond acceptors (Lipinski definition) is 3. The maximum absolute atomic E-state index is 6.03. The van der Waals surface area contributed by atoms with Gasteiger partial charge in [-0.25, -0.2) is 9.97 Å². The number of rotatable bonds is 3. The SMILES string of the molecule is Cc1nc(CSc2ccccc2)nc(Cl)c1I. The highest BCUT2D eigenvalue weighted by atomic mass is 127. The van der Waals surface area contributed by atoms with Crippen LogP contribution >= 0.6 is 46.0 Å². The van der Waals surface area contributed by atoms with Crippen LogP contribution in [0.1, 0.15) is 11.5 Å². The summed E-state index contributed by atoms with van der Waals surface area (Å²) in [5.74, 6) is 1.52. The summed E-state index contributed by atoms with van der Waals surface area (Å²) in [4.78, 5) is 9.91. The second-order valence-electron chi connectivity index (χ2n) is 3.43. The molecule has 88 valence electrons. The third-order valence-corrected chi connectivity index (χ3v) is 5.03. The first kappa shape index (κ1) is 13.1. The minimum atomic E-state index is 0.543. The van der Waals surface area contributed by atoms with Crippen LogP contribution in [0.25, 0.3) is 0 Å². The minimum Gasteiger partial charge on any atom is -0.236 e. The number of nitrogens with zero attached hydrogens (tertiary/aromatic N) is 2. The zero-order valence-electron chi connectivity index (χ0n) is 9.15. The number of hydrogen-bond donors (Lipinski definition) is 0. The van der Waals surface area contributed by atoms with Gasteiger partial charge in [0.1, 0.15) is 11.0 Å². The molecule has 2 rings (SSSR count). The summed E-state index contributed by atoms with van der Waals surface area (Å²) in [6, 6.07) is 10.2. The lowest BCUT2D eigenvalue weighted by Gasteiger charge is -2.04. The Labute approximate surface area is 123 Å². The Morgan fingerprint density at radius 2 is 1.94 bits per heavy atom. The highest BCUT2D eigenvalue weighted by Crippen LogP contribution is 2.23. The van der Waals surface area contributed by atoms with Crippen molar-refractivity contribution in [2.45, 2.75) is 17.6 Å². The molecule has 0 saturated heterocycles. The first-order chi connectivity index (χ1) is 8.16. The Hall–Kier alpha value is -0.330. The second-order valence-corrected chi connectivity index (χ2v) is 5.92. The average Bonchev–Trinajstić information content (AvgIpc) is 2.34. The van der Waals surface area contributed by atoms with Gasteiger partial charge in [-0.3, -0.25) is 0 Å². The molecule has 0 bridgehead atoms. The minimum absolute atomic E-state index is 0.543. The van der Waals surface area contributed by atoms with Gasteiger partial charge in [0.25, 0.3) is 0 Å². The molecular formula is C12H10ClIN2S. The molecule has 0 spiro atoms. The molecular weight excluding hydrogens is 367 g/mol. The fourth-order valence-corrected chi connectivity index (χ4v) is 2.56. The van der Waals surface area contributed by atoms with Crippen LogP contribution < -0.4 is 0 Å². The van der Waals surface area contributed by atoms with E-state index in [1.54, 1.807) is 11.8 Å². The van der Waals surface area contributed by atoms with Crippen LogP contribution in [0.15, 0.2) is 35.2 Å². The fraction of sp³-hybridized carbons (Fsp3) is 0.167. The van der Waals surface area contributed by atoms with Crippen molar-refractivity contribution in [3.8, 4) is 0 Å². The van der Waals surface area contributed by atoms with E-state index in [0.29, 0.717) is 5.15 Å². The van der Waals surface area contributed by atoms with Gasteiger partial charge in [-0.2, -0.15) is 0 Å². The lowest BCUT2D eigenvalue weighted by Crippen LogP contribution is -1.98. The molecule has 5 heteroatoms. The summed E-state index contributed by atoms with van der Waals surface area (Å²) in [6.45, 7) is 1.95. The van der Waals surface area contributed by atoms with Gasteiger partial charge in [0, 0.05) is 4.90 Å². The number of aryl methyl sites for hydroxylation is 1. The van der Waals surface area contributed by atoms with Crippen molar-refractivity contribution in [3.63, 3.8) is 0 Å². The quantitative estimate of drug-likeness (QED) is 0.453. The van der Waals surface area contributed by atoms with Crippen LogP contribution in [-0.2, 0) is 5.75 Å². The van der Waals surface area contributed by atoms with E-state index in [9.17, 15) is 0 Å². The summed E-state index contributed by atoms with van der Waals surface area (Å²) in [5.41, 5.74) is 0.939. The molecule has 17 heavy (non-hydrogen) atoms. The van der Waals surface area contributed by atoms with Gasteiger partial charge < -0.3 is 0 Å². The molecule has 1 aromatic heterocycles. The molecule has 0 fully saturated rings. The Morgan fingerprint density at radius 3 is 2.59 bits per heavy atom. The summed E-state index contributed by atoms with van der Waals surface area (Å²) < 4.78 is 0.928. The molecule has 2 nitrogen and oxygen atoms in total. The van der Waals surface area contributed by atoms with Crippen molar-refractivity contribution < 1.29 is 0 Å². The molecule has 1 heterocycles.